The Balaban J connectivity index is 1.62. The van der Waals surface area contributed by atoms with Crippen LogP contribution in [0.5, 0.6) is 11.5 Å². The molecule has 0 spiro atoms. The molecule has 0 bridgehead atoms. The number of amides is 1. The first-order chi connectivity index (χ1) is 12.8. The summed E-state index contributed by atoms with van der Waals surface area (Å²) >= 11 is 0. The van der Waals surface area contributed by atoms with Gasteiger partial charge in [-0.15, -0.1) is 0 Å². The summed E-state index contributed by atoms with van der Waals surface area (Å²) in [5.41, 5.74) is 1.10. The van der Waals surface area contributed by atoms with Crippen molar-refractivity contribution in [1.82, 2.24) is 0 Å². The molecule has 2 aromatic carbocycles. The van der Waals surface area contributed by atoms with Gasteiger partial charge in [0.1, 0.15) is 24.2 Å². The second-order valence-electron chi connectivity index (χ2n) is 5.87. The molecule has 0 aliphatic carbocycles. The fourth-order valence-corrected chi connectivity index (χ4v) is 2.69. The van der Waals surface area contributed by atoms with Crippen LogP contribution in [0, 0.1) is 11.3 Å². The summed E-state index contributed by atoms with van der Waals surface area (Å²) in [4.78, 5) is 12.6. The fourth-order valence-electron chi connectivity index (χ4n) is 2.69. The molecule has 2 aromatic rings. The number of hydrogen-bond donors (Lipinski definition) is 1. The molecule has 134 valence electrons. The van der Waals surface area contributed by atoms with Crippen molar-refractivity contribution < 1.29 is 19.0 Å². The number of para-hydroxylation sites is 1. The standard InChI is InChI=1S/C20H20N2O4/c21-11-13-25-16-9-7-15(8-10-16)22-20(23)18-5-1-2-6-19(18)26-14-17-4-3-12-24-17/h1-2,5-10,17H,3-4,12-14H2,(H,22,23)/t17-/m1/s1. The second-order valence-corrected chi connectivity index (χ2v) is 5.87. The van der Waals surface area contributed by atoms with Crippen LogP contribution in [-0.2, 0) is 4.74 Å². The summed E-state index contributed by atoms with van der Waals surface area (Å²) < 4.78 is 16.6. The van der Waals surface area contributed by atoms with Gasteiger partial charge in [-0.2, -0.15) is 5.26 Å². The van der Waals surface area contributed by atoms with Gasteiger partial charge in [0.05, 0.1) is 11.7 Å². The first kappa shape index (κ1) is 17.8. The van der Waals surface area contributed by atoms with Gasteiger partial charge in [-0.1, -0.05) is 12.1 Å². The van der Waals surface area contributed by atoms with E-state index in [4.69, 9.17) is 19.5 Å². The fraction of sp³-hybridized carbons (Fsp3) is 0.300. The van der Waals surface area contributed by atoms with Gasteiger partial charge in [0.15, 0.2) is 6.61 Å². The van der Waals surface area contributed by atoms with Crippen LogP contribution >= 0.6 is 0 Å². The van der Waals surface area contributed by atoms with Gasteiger partial charge < -0.3 is 19.5 Å². The number of rotatable bonds is 7. The van der Waals surface area contributed by atoms with E-state index < -0.39 is 0 Å². The average Bonchev–Trinajstić information content (AvgIpc) is 3.19. The van der Waals surface area contributed by atoms with Crippen molar-refractivity contribution >= 4 is 11.6 Å². The Hall–Kier alpha value is -3.04. The van der Waals surface area contributed by atoms with Crippen molar-refractivity contribution in [3.63, 3.8) is 0 Å². The Morgan fingerprint density at radius 1 is 1.19 bits per heavy atom. The molecule has 1 saturated heterocycles. The highest BCUT2D eigenvalue weighted by Gasteiger charge is 2.18. The number of benzene rings is 2. The van der Waals surface area contributed by atoms with E-state index in [9.17, 15) is 4.79 Å². The number of nitriles is 1. The molecule has 1 atom stereocenters. The number of hydrogen-bond acceptors (Lipinski definition) is 5. The van der Waals surface area contributed by atoms with Crippen molar-refractivity contribution in [3.05, 3.63) is 54.1 Å². The maximum atomic E-state index is 12.6. The third-order valence-corrected chi connectivity index (χ3v) is 4.00. The van der Waals surface area contributed by atoms with Crippen LogP contribution in [0.15, 0.2) is 48.5 Å². The van der Waals surface area contributed by atoms with Crippen LogP contribution in [0.4, 0.5) is 5.69 Å². The molecule has 0 aromatic heterocycles. The van der Waals surface area contributed by atoms with Gasteiger partial charge >= 0.3 is 0 Å². The summed E-state index contributed by atoms with van der Waals surface area (Å²) in [6, 6.07) is 15.9. The Bertz CT molecular complexity index is 777. The largest absolute Gasteiger partial charge is 0.490 e. The van der Waals surface area contributed by atoms with Crippen LogP contribution < -0.4 is 14.8 Å². The van der Waals surface area contributed by atoms with E-state index in [2.05, 4.69) is 5.32 Å². The Labute approximate surface area is 152 Å². The molecule has 1 aliphatic heterocycles. The zero-order valence-corrected chi connectivity index (χ0v) is 14.3. The van der Waals surface area contributed by atoms with E-state index in [1.807, 2.05) is 12.1 Å². The maximum Gasteiger partial charge on any atom is 0.259 e. The van der Waals surface area contributed by atoms with E-state index in [0.717, 1.165) is 19.4 Å². The molecule has 1 aliphatic rings. The normalized spacial score (nSPS) is 15.9. The molecule has 0 unspecified atom stereocenters. The lowest BCUT2D eigenvalue weighted by molar-refractivity contribution is 0.0673. The first-order valence-electron chi connectivity index (χ1n) is 8.51. The number of nitrogens with zero attached hydrogens (tertiary/aromatic N) is 1. The van der Waals surface area contributed by atoms with E-state index in [1.54, 1.807) is 42.5 Å². The molecule has 26 heavy (non-hydrogen) atoms. The van der Waals surface area contributed by atoms with Gasteiger partial charge in [-0.25, -0.2) is 0 Å². The van der Waals surface area contributed by atoms with E-state index in [-0.39, 0.29) is 18.6 Å². The zero-order valence-electron chi connectivity index (χ0n) is 14.3. The highest BCUT2D eigenvalue weighted by molar-refractivity contribution is 6.06. The first-order valence-corrected chi connectivity index (χ1v) is 8.51. The van der Waals surface area contributed by atoms with Gasteiger partial charge in [-0.05, 0) is 49.2 Å². The van der Waals surface area contributed by atoms with Gasteiger partial charge in [-0.3, -0.25) is 4.79 Å². The third-order valence-electron chi connectivity index (χ3n) is 4.00. The lowest BCUT2D eigenvalue weighted by Gasteiger charge is -2.14. The van der Waals surface area contributed by atoms with Gasteiger partial charge in [0, 0.05) is 12.3 Å². The third kappa shape index (κ3) is 4.74. The Morgan fingerprint density at radius 2 is 2.00 bits per heavy atom. The SMILES string of the molecule is N#CCOc1ccc(NC(=O)c2ccccc2OC[C@H]2CCCO2)cc1. The minimum absolute atomic E-state index is 0.0128. The van der Waals surface area contributed by atoms with Crippen molar-refractivity contribution in [2.24, 2.45) is 0 Å². The van der Waals surface area contributed by atoms with Crippen molar-refractivity contribution in [3.8, 4) is 17.6 Å². The van der Waals surface area contributed by atoms with Gasteiger partial charge in [0.2, 0.25) is 0 Å². The predicted molar refractivity (Wildman–Crippen MR) is 96.4 cm³/mol. The lowest BCUT2D eigenvalue weighted by Crippen LogP contribution is -2.19. The van der Waals surface area contributed by atoms with E-state index in [1.165, 1.54) is 0 Å². The highest BCUT2D eigenvalue weighted by Crippen LogP contribution is 2.22. The lowest BCUT2D eigenvalue weighted by atomic mass is 10.1. The summed E-state index contributed by atoms with van der Waals surface area (Å²) in [7, 11) is 0. The number of ether oxygens (including phenoxy) is 3. The minimum Gasteiger partial charge on any atom is -0.490 e. The topological polar surface area (TPSA) is 80.6 Å². The summed E-state index contributed by atoms with van der Waals surface area (Å²) in [5, 5.41) is 11.4. The molecule has 1 amide bonds. The second kappa shape index (κ2) is 8.88. The van der Waals surface area contributed by atoms with Crippen molar-refractivity contribution in [1.29, 1.82) is 5.26 Å². The number of nitrogens with one attached hydrogen (secondary N) is 1. The summed E-state index contributed by atoms with van der Waals surface area (Å²) in [6.45, 7) is 1.20. The molecule has 3 rings (SSSR count). The summed E-state index contributed by atoms with van der Waals surface area (Å²) in [6.07, 6.45) is 2.12. The van der Waals surface area contributed by atoms with Crippen LogP contribution in [0.3, 0.4) is 0 Å². The molecule has 1 fully saturated rings. The Morgan fingerprint density at radius 3 is 2.73 bits per heavy atom. The van der Waals surface area contributed by atoms with Crippen molar-refractivity contribution in [2.75, 3.05) is 25.1 Å². The van der Waals surface area contributed by atoms with Gasteiger partial charge in [0.25, 0.3) is 5.91 Å². The molecule has 1 N–H and O–H groups in total. The quantitative estimate of drug-likeness (QED) is 0.826. The molecule has 0 saturated carbocycles. The minimum atomic E-state index is -0.251. The van der Waals surface area contributed by atoms with Crippen LogP contribution in [0.25, 0.3) is 0 Å². The summed E-state index contributed by atoms with van der Waals surface area (Å²) in [5.74, 6) is 0.859. The van der Waals surface area contributed by atoms with E-state index >= 15 is 0 Å². The van der Waals surface area contributed by atoms with Crippen LogP contribution in [-0.4, -0.2) is 31.8 Å². The Kier molecular flexibility index (Phi) is 6.07. The number of carbonyl (C=O) groups is 1. The predicted octanol–water partition coefficient (Wildman–Crippen LogP) is 3.40. The smallest absolute Gasteiger partial charge is 0.259 e. The molecule has 6 nitrogen and oxygen atoms in total. The number of anilines is 1. The molecule has 1 heterocycles. The monoisotopic (exact) mass is 352 g/mol. The molecule has 6 heteroatoms. The van der Waals surface area contributed by atoms with E-state index in [0.29, 0.717) is 29.4 Å². The maximum absolute atomic E-state index is 12.6. The molecular weight excluding hydrogens is 332 g/mol. The highest BCUT2D eigenvalue weighted by atomic mass is 16.5. The number of carbonyl (C=O) groups excluding carboxylic acids is 1. The van der Waals surface area contributed by atoms with Crippen LogP contribution in [0.1, 0.15) is 23.2 Å². The zero-order chi connectivity index (χ0) is 18.2. The molecular formula is C20H20N2O4. The average molecular weight is 352 g/mol. The van der Waals surface area contributed by atoms with Crippen LogP contribution in [0.2, 0.25) is 0 Å². The molecule has 0 radical (unpaired) electrons. The van der Waals surface area contributed by atoms with Crippen molar-refractivity contribution in [2.45, 2.75) is 18.9 Å².